The third-order valence-corrected chi connectivity index (χ3v) is 3.92. The largest absolute Gasteiger partial charge is 0.383 e. The van der Waals surface area contributed by atoms with Crippen molar-refractivity contribution >= 4 is 11.0 Å². The van der Waals surface area contributed by atoms with E-state index >= 15 is 0 Å². The summed E-state index contributed by atoms with van der Waals surface area (Å²) in [5.74, 6) is 0. The minimum atomic E-state index is 0.827. The number of ether oxygens (including phenoxy) is 1. The van der Waals surface area contributed by atoms with Crippen LogP contribution in [-0.4, -0.2) is 66.2 Å². The van der Waals surface area contributed by atoms with Crippen molar-refractivity contribution in [3.05, 3.63) is 30.1 Å². The van der Waals surface area contributed by atoms with Gasteiger partial charge in [-0.1, -0.05) is 0 Å². The van der Waals surface area contributed by atoms with Gasteiger partial charge in [0.05, 0.1) is 6.61 Å². The van der Waals surface area contributed by atoms with Crippen LogP contribution in [0.2, 0.25) is 0 Å². The molecule has 1 N–H and O–H groups in total. The van der Waals surface area contributed by atoms with Crippen LogP contribution in [0.25, 0.3) is 11.0 Å². The summed E-state index contributed by atoms with van der Waals surface area (Å²) in [6.45, 7) is 7.34. The second-order valence-electron chi connectivity index (χ2n) is 5.35. The Morgan fingerprint density at radius 2 is 2.05 bits per heavy atom. The van der Waals surface area contributed by atoms with E-state index in [0.717, 1.165) is 51.5 Å². The smallest absolute Gasteiger partial charge is 0.137 e. The maximum Gasteiger partial charge on any atom is 0.137 e. The Labute approximate surface area is 119 Å². The lowest BCUT2D eigenvalue weighted by Crippen LogP contribution is -2.46. The van der Waals surface area contributed by atoms with Crippen molar-refractivity contribution in [1.29, 1.82) is 0 Å². The van der Waals surface area contributed by atoms with E-state index in [2.05, 4.69) is 31.9 Å². The average Bonchev–Trinajstić information content (AvgIpc) is 2.89. The first-order valence-corrected chi connectivity index (χ1v) is 7.21. The van der Waals surface area contributed by atoms with Crippen molar-refractivity contribution in [2.75, 3.05) is 46.4 Å². The van der Waals surface area contributed by atoms with E-state index in [0.29, 0.717) is 0 Å². The van der Waals surface area contributed by atoms with Gasteiger partial charge in [0.25, 0.3) is 0 Å². The first-order valence-electron chi connectivity index (χ1n) is 7.21. The maximum atomic E-state index is 5.13. The van der Waals surface area contributed by atoms with Gasteiger partial charge in [0.15, 0.2) is 0 Å². The van der Waals surface area contributed by atoms with Gasteiger partial charge in [-0.15, -0.1) is 0 Å². The number of hydrogen-bond acceptors (Lipinski definition) is 4. The number of piperazine rings is 1. The highest BCUT2D eigenvalue weighted by Crippen LogP contribution is 2.14. The standard InChI is InChI=1S/C15H22N4O/c1-20-10-9-18-5-7-19(8-6-18)12-14-11-13-3-2-4-16-15(13)17-14/h2-4,11H,5-10,12H2,1H3,(H,16,17). The quantitative estimate of drug-likeness (QED) is 0.893. The van der Waals surface area contributed by atoms with Crippen LogP contribution in [0.1, 0.15) is 5.69 Å². The molecule has 0 atom stereocenters. The summed E-state index contributed by atoms with van der Waals surface area (Å²) >= 11 is 0. The van der Waals surface area contributed by atoms with Gasteiger partial charge in [0.2, 0.25) is 0 Å². The number of pyridine rings is 1. The summed E-state index contributed by atoms with van der Waals surface area (Å²) in [7, 11) is 1.76. The Balaban J connectivity index is 1.54. The Morgan fingerprint density at radius 3 is 2.80 bits per heavy atom. The van der Waals surface area contributed by atoms with E-state index in [9.17, 15) is 0 Å². The number of rotatable bonds is 5. The highest BCUT2D eigenvalue weighted by atomic mass is 16.5. The van der Waals surface area contributed by atoms with E-state index in [1.165, 1.54) is 11.1 Å². The first kappa shape index (κ1) is 13.5. The zero-order valence-corrected chi connectivity index (χ0v) is 12.0. The fourth-order valence-corrected chi connectivity index (χ4v) is 2.73. The predicted octanol–water partition coefficient (Wildman–Crippen LogP) is 1.33. The maximum absolute atomic E-state index is 5.13. The van der Waals surface area contributed by atoms with Crippen molar-refractivity contribution in [2.45, 2.75) is 6.54 Å². The van der Waals surface area contributed by atoms with Crippen LogP contribution >= 0.6 is 0 Å². The van der Waals surface area contributed by atoms with Crippen LogP contribution in [0, 0.1) is 0 Å². The van der Waals surface area contributed by atoms with Crippen molar-refractivity contribution < 1.29 is 4.74 Å². The topological polar surface area (TPSA) is 44.4 Å². The molecule has 3 heterocycles. The highest BCUT2D eigenvalue weighted by molar-refractivity contribution is 5.76. The average molecular weight is 274 g/mol. The van der Waals surface area contributed by atoms with Crippen LogP contribution < -0.4 is 0 Å². The summed E-state index contributed by atoms with van der Waals surface area (Å²) < 4.78 is 5.13. The van der Waals surface area contributed by atoms with Gasteiger partial charge in [-0.2, -0.15) is 0 Å². The van der Waals surface area contributed by atoms with Crippen molar-refractivity contribution in [1.82, 2.24) is 19.8 Å². The van der Waals surface area contributed by atoms with Crippen molar-refractivity contribution in [3.63, 3.8) is 0 Å². The summed E-state index contributed by atoms with van der Waals surface area (Å²) in [5, 5.41) is 1.20. The third-order valence-electron chi connectivity index (χ3n) is 3.92. The lowest BCUT2D eigenvalue weighted by Gasteiger charge is -2.34. The minimum Gasteiger partial charge on any atom is -0.383 e. The summed E-state index contributed by atoms with van der Waals surface area (Å²) in [4.78, 5) is 12.7. The Hall–Kier alpha value is -1.43. The van der Waals surface area contributed by atoms with Gasteiger partial charge in [-0.3, -0.25) is 9.80 Å². The van der Waals surface area contributed by atoms with Crippen molar-refractivity contribution in [3.8, 4) is 0 Å². The summed E-state index contributed by atoms with van der Waals surface area (Å²) in [6, 6.07) is 6.29. The summed E-state index contributed by atoms with van der Waals surface area (Å²) in [5.41, 5.74) is 2.24. The Bertz CT molecular complexity index is 513. The Morgan fingerprint density at radius 1 is 1.25 bits per heavy atom. The SMILES string of the molecule is COCCN1CCN(Cc2cc3cccnc3[nH]2)CC1. The monoisotopic (exact) mass is 274 g/mol. The van der Waals surface area contributed by atoms with Gasteiger partial charge >= 0.3 is 0 Å². The van der Waals surface area contributed by atoms with Gasteiger partial charge in [0.1, 0.15) is 5.65 Å². The molecule has 1 fully saturated rings. The van der Waals surface area contributed by atoms with Gasteiger partial charge in [-0.25, -0.2) is 4.98 Å². The van der Waals surface area contributed by atoms with E-state index < -0.39 is 0 Å². The molecule has 0 unspecified atom stereocenters. The molecular formula is C15H22N4O. The molecule has 0 spiro atoms. The van der Waals surface area contributed by atoms with Crippen LogP contribution in [0.4, 0.5) is 0 Å². The number of methoxy groups -OCH3 is 1. The number of aromatic nitrogens is 2. The molecule has 1 aliphatic heterocycles. The molecular weight excluding hydrogens is 252 g/mol. The number of nitrogens with zero attached hydrogens (tertiary/aromatic N) is 3. The van der Waals surface area contributed by atoms with Crippen LogP contribution in [0.5, 0.6) is 0 Å². The fraction of sp³-hybridized carbons (Fsp3) is 0.533. The molecule has 2 aromatic rings. The number of nitrogens with one attached hydrogen (secondary N) is 1. The molecule has 0 amide bonds. The van der Waals surface area contributed by atoms with Crippen LogP contribution in [0.3, 0.4) is 0 Å². The normalized spacial score (nSPS) is 17.9. The second kappa shape index (κ2) is 6.35. The molecule has 0 radical (unpaired) electrons. The summed E-state index contributed by atoms with van der Waals surface area (Å²) in [6.07, 6.45) is 1.83. The van der Waals surface area contributed by atoms with Crippen LogP contribution in [0.15, 0.2) is 24.4 Å². The van der Waals surface area contributed by atoms with E-state index in [1.54, 1.807) is 7.11 Å². The minimum absolute atomic E-state index is 0.827. The molecule has 20 heavy (non-hydrogen) atoms. The molecule has 2 aromatic heterocycles. The predicted molar refractivity (Wildman–Crippen MR) is 79.7 cm³/mol. The molecule has 0 saturated carbocycles. The van der Waals surface area contributed by atoms with Crippen molar-refractivity contribution in [2.24, 2.45) is 0 Å². The Kier molecular flexibility index (Phi) is 4.30. The number of aromatic amines is 1. The van der Waals surface area contributed by atoms with Crippen LogP contribution in [-0.2, 0) is 11.3 Å². The molecule has 0 aliphatic carbocycles. The third kappa shape index (κ3) is 3.17. The van der Waals surface area contributed by atoms with E-state index in [4.69, 9.17) is 4.74 Å². The van der Waals surface area contributed by atoms with Gasteiger partial charge in [0, 0.05) is 63.7 Å². The lowest BCUT2D eigenvalue weighted by molar-refractivity contribution is 0.0933. The molecule has 0 bridgehead atoms. The number of fused-ring (bicyclic) bond motifs is 1. The van der Waals surface area contributed by atoms with E-state index in [1.807, 2.05) is 12.3 Å². The van der Waals surface area contributed by atoms with Gasteiger partial charge < -0.3 is 9.72 Å². The molecule has 0 aromatic carbocycles. The van der Waals surface area contributed by atoms with Gasteiger partial charge in [-0.05, 0) is 18.2 Å². The molecule has 1 aliphatic rings. The molecule has 3 rings (SSSR count). The number of hydrogen-bond donors (Lipinski definition) is 1. The van der Waals surface area contributed by atoms with E-state index in [-0.39, 0.29) is 0 Å². The fourth-order valence-electron chi connectivity index (χ4n) is 2.73. The first-order chi connectivity index (χ1) is 9.85. The molecule has 1 saturated heterocycles. The zero-order valence-electron chi connectivity index (χ0n) is 12.0. The number of H-pyrrole nitrogens is 1. The lowest BCUT2D eigenvalue weighted by atomic mass is 10.2. The molecule has 108 valence electrons. The molecule has 5 nitrogen and oxygen atoms in total. The molecule has 5 heteroatoms. The highest BCUT2D eigenvalue weighted by Gasteiger charge is 2.17. The second-order valence-corrected chi connectivity index (χ2v) is 5.35. The zero-order chi connectivity index (χ0) is 13.8.